The van der Waals surface area contributed by atoms with Crippen LogP contribution >= 0.6 is 0 Å². The molecule has 4 nitrogen and oxygen atoms in total. The summed E-state index contributed by atoms with van der Waals surface area (Å²) >= 11 is 0. The van der Waals surface area contributed by atoms with E-state index in [4.69, 9.17) is 0 Å². The maximum Gasteiger partial charge on any atom is 0.233 e. The fraction of sp³-hybridized carbons (Fsp3) is 0.900. The van der Waals surface area contributed by atoms with Gasteiger partial charge in [0, 0.05) is 6.04 Å². The van der Waals surface area contributed by atoms with Gasteiger partial charge in [0.2, 0.25) is 6.41 Å². The van der Waals surface area contributed by atoms with Crippen LogP contribution in [0, 0.1) is 5.92 Å². The number of nitrogens with zero attached hydrogens (tertiary/aromatic N) is 2. The smallest absolute Gasteiger partial charge is 0.233 e. The van der Waals surface area contributed by atoms with E-state index in [-0.39, 0.29) is 6.04 Å². The van der Waals surface area contributed by atoms with Crippen molar-refractivity contribution in [2.24, 2.45) is 5.92 Å². The summed E-state index contributed by atoms with van der Waals surface area (Å²) in [5.74, 6) is 0.328. The molecule has 1 saturated carbocycles. The van der Waals surface area contributed by atoms with E-state index in [9.17, 15) is 10.0 Å². The van der Waals surface area contributed by atoms with Gasteiger partial charge in [-0.15, -0.1) is 0 Å². The second kappa shape index (κ2) is 4.75. The highest BCUT2D eigenvalue weighted by molar-refractivity contribution is 5.45. The molecule has 1 amide bonds. The molecule has 82 valence electrons. The Balaban J connectivity index is 2.65. The Morgan fingerprint density at radius 2 is 1.86 bits per heavy atom. The molecular weight excluding hydrogens is 180 g/mol. The summed E-state index contributed by atoms with van der Waals surface area (Å²) in [7, 11) is 4.10. The molecule has 3 unspecified atom stereocenters. The number of carbonyl (C=O) groups excluding carboxylic acids is 1. The molecular formula is C10H20N2O2. The predicted molar refractivity (Wildman–Crippen MR) is 54.0 cm³/mol. The SMILES string of the molecule is CC1C(N(C)C)CCCC1N(O)C=O. The van der Waals surface area contributed by atoms with Gasteiger partial charge in [0.1, 0.15) is 0 Å². The number of amides is 1. The van der Waals surface area contributed by atoms with Crippen LogP contribution in [0.2, 0.25) is 0 Å². The van der Waals surface area contributed by atoms with Gasteiger partial charge in [-0.2, -0.15) is 0 Å². The third kappa shape index (κ3) is 2.25. The Morgan fingerprint density at radius 3 is 2.36 bits per heavy atom. The van der Waals surface area contributed by atoms with Crippen LogP contribution < -0.4 is 0 Å². The molecule has 4 heteroatoms. The normalized spacial score (nSPS) is 33.1. The zero-order valence-electron chi connectivity index (χ0n) is 9.18. The number of hydroxylamine groups is 2. The van der Waals surface area contributed by atoms with Crippen LogP contribution in [0.5, 0.6) is 0 Å². The van der Waals surface area contributed by atoms with E-state index in [0.717, 1.165) is 24.3 Å². The van der Waals surface area contributed by atoms with E-state index in [2.05, 4.69) is 11.8 Å². The minimum absolute atomic E-state index is 0.0198. The first kappa shape index (κ1) is 11.5. The van der Waals surface area contributed by atoms with Crippen molar-refractivity contribution in [1.82, 2.24) is 9.96 Å². The second-order valence-electron chi connectivity index (χ2n) is 4.37. The second-order valence-corrected chi connectivity index (χ2v) is 4.37. The zero-order valence-corrected chi connectivity index (χ0v) is 9.18. The lowest BCUT2D eigenvalue weighted by molar-refractivity contribution is -0.170. The minimum Gasteiger partial charge on any atom is -0.306 e. The lowest BCUT2D eigenvalue weighted by atomic mass is 9.81. The Kier molecular flexibility index (Phi) is 3.89. The predicted octanol–water partition coefficient (Wildman–Crippen LogP) is 0.953. The lowest BCUT2D eigenvalue weighted by Gasteiger charge is -2.41. The summed E-state index contributed by atoms with van der Waals surface area (Å²) in [6.45, 7) is 2.10. The van der Waals surface area contributed by atoms with Crippen LogP contribution in [0.25, 0.3) is 0 Å². The van der Waals surface area contributed by atoms with Crippen molar-refractivity contribution in [3.05, 3.63) is 0 Å². The van der Waals surface area contributed by atoms with Gasteiger partial charge < -0.3 is 4.90 Å². The fourth-order valence-corrected chi connectivity index (χ4v) is 2.50. The molecule has 14 heavy (non-hydrogen) atoms. The van der Waals surface area contributed by atoms with Crippen LogP contribution in [0.3, 0.4) is 0 Å². The molecule has 1 rings (SSSR count). The zero-order chi connectivity index (χ0) is 10.7. The summed E-state index contributed by atoms with van der Waals surface area (Å²) in [5.41, 5.74) is 0. The minimum atomic E-state index is -0.0198. The maximum atomic E-state index is 10.5. The van der Waals surface area contributed by atoms with Crippen LogP contribution in [0.15, 0.2) is 0 Å². The van der Waals surface area contributed by atoms with E-state index < -0.39 is 0 Å². The molecule has 0 aromatic carbocycles. The number of rotatable bonds is 3. The molecule has 1 aliphatic rings. The van der Waals surface area contributed by atoms with E-state index >= 15 is 0 Å². The van der Waals surface area contributed by atoms with Gasteiger partial charge in [0.25, 0.3) is 0 Å². The molecule has 0 spiro atoms. The first-order valence-electron chi connectivity index (χ1n) is 5.17. The molecule has 0 radical (unpaired) electrons. The van der Waals surface area contributed by atoms with Crippen LogP contribution in [-0.4, -0.2) is 47.8 Å². The molecule has 1 fully saturated rings. The average Bonchev–Trinajstić information content (AvgIpc) is 2.16. The fourth-order valence-electron chi connectivity index (χ4n) is 2.50. The summed E-state index contributed by atoms with van der Waals surface area (Å²) in [6.07, 6.45) is 3.64. The highest BCUT2D eigenvalue weighted by Crippen LogP contribution is 2.29. The summed E-state index contributed by atoms with van der Waals surface area (Å²) < 4.78 is 0. The molecule has 0 heterocycles. The van der Waals surface area contributed by atoms with Gasteiger partial charge in [0.15, 0.2) is 0 Å². The average molecular weight is 200 g/mol. The van der Waals surface area contributed by atoms with Crippen LogP contribution in [-0.2, 0) is 4.79 Å². The Labute approximate surface area is 85.4 Å². The number of carbonyl (C=O) groups is 1. The van der Waals surface area contributed by atoms with Gasteiger partial charge in [-0.1, -0.05) is 6.92 Å². The van der Waals surface area contributed by atoms with Crippen LogP contribution in [0.4, 0.5) is 0 Å². The number of hydrogen-bond acceptors (Lipinski definition) is 3. The van der Waals surface area contributed by atoms with Crippen molar-refractivity contribution in [3.8, 4) is 0 Å². The third-order valence-electron chi connectivity index (χ3n) is 3.32. The third-order valence-corrected chi connectivity index (χ3v) is 3.32. The molecule has 0 saturated heterocycles. The van der Waals surface area contributed by atoms with Gasteiger partial charge in [-0.05, 0) is 39.3 Å². The maximum absolute atomic E-state index is 10.5. The summed E-state index contributed by atoms with van der Waals surface area (Å²) in [4.78, 5) is 12.7. The van der Waals surface area contributed by atoms with Crippen molar-refractivity contribution in [3.63, 3.8) is 0 Å². The van der Waals surface area contributed by atoms with Crippen molar-refractivity contribution in [2.75, 3.05) is 14.1 Å². The largest absolute Gasteiger partial charge is 0.306 e. The lowest BCUT2D eigenvalue weighted by Crippen LogP contribution is -2.49. The van der Waals surface area contributed by atoms with E-state index in [0.29, 0.717) is 18.4 Å². The Bertz CT molecular complexity index is 197. The van der Waals surface area contributed by atoms with Gasteiger partial charge in [-0.25, -0.2) is 5.06 Å². The summed E-state index contributed by atoms with van der Waals surface area (Å²) in [6, 6.07) is 0.442. The van der Waals surface area contributed by atoms with E-state index in [1.54, 1.807) is 0 Å². The molecule has 0 aromatic heterocycles. The standard InChI is InChI=1S/C10H20N2O2/c1-8-9(11(2)3)5-4-6-10(8)12(14)7-13/h7-10,14H,4-6H2,1-3H3. The molecule has 3 atom stereocenters. The summed E-state index contributed by atoms with van der Waals surface area (Å²) in [5, 5.41) is 10.2. The first-order chi connectivity index (χ1) is 6.57. The van der Waals surface area contributed by atoms with Crippen molar-refractivity contribution < 1.29 is 10.0 Å². The van der Waals surface area contributed by atoms with Gasteiger partial charge >= 0.3 is 0 Å². The molecule has 1 N–H and O–H groups in total. The van der Waals surface area contributed by atoms with Crippen molar-refractivity contribution >= 4 is 6.41 Å². The van der Waals surface area contributed by atoms with Crippen molar-refractivity contribution in [1.29, 1.82) is 0 Å². The molecule has 1 aliphatic carbocycles. The van der Waals surface area contributed by atoms with Crippen molar-refractivity contribution in [2.45, 2.75) is 38.3 Å². The molecule has 0 aromatic rings. The molecule has 0 bridgehead atoms. The van der Waals surface area contributed by atoms with E-state index in [1.807, 2.05) is 14.1 Å². The highest BCUT2D eigenvalue weighted by atomic mass is 16.5. The monoisotopic (exact) mass is 200 g/mol. The van der Waals surface area contributed by atoms with E-state index in [1.165, 1.54) is 0 Å². The molecule has 0 aliphatic heterocycles. The highest BCUT2D eigenvalue weighted by Gasteiger charge is 2.34. The number of hydrogen-bond donors (Lipinski definition) is 1. The van der Waals surface area contributed by atoms with Gasteiger partial charge in [-0.3, -0.25) is 10.0 Å². The topological polar surface area (TPSA) is 43.8 Å². The first-order valence-corrected chi connectivity index (χ1v) is 5.17. The Morgan fingerprint density at radius 1 is 1.29 bits per heavy atom. The quantitative estimate of drug-likeness (QED) is 0.419. The Hall–Kier alpha value is -0.610. The van der Waals surface area contributed by atoms with Gasteiger partial charge in [0.05, 0.1) is 6.04 Å². The van der Waals surface area contributed by atoms with Crippen LogP contribution in [0.1, 0.15) is 26.2 Å².